The van der Waals surface area contributed by atoms with E-state index in [1.807, 2.05) is 31.2 Å². The fourth-order valence-electron chi connectivity index (χ4n) is 4.11. The van der Waals surface area contributed by atoms with Gasteiger partial charge in [-0.2, -0.15) is 0 Å². The van der Waals surface area contributed by atoms with Crippen molar-refractivity contribution in [1.82, 2.24) is 4.90 Å². The molecule has 1 saturated heterocycles. The van der Waals surface area contributed by atoms with E-state index < -0.39 is 10.0 Å². The van der Waals surface area contributed by atoms with E-state index in [0.717, 1.165) is 16.8 Å². The molecule has 0 unspecified atom stereocenters. The van der Waals surface area contributed by atoms with Crippen LogP contribution in [0.1, 0.15) is 21.5 Å². The molecule has 0 radical (unpaired) electrons. The lowest BCUT2D eigenvalue weighted by Crippen LogP contribution is -2.48. The number of hydrogen-bond acceptors (Lipinski definition) is 4. The Labute approximate surface area is 200 Å². The van der Waals surface area contributed by atoms with Crippen LogP contribution in [0.25, 0.3) is 0 Å². The van der Waals surface area contributed by atoms with Crippen molar-refractivity contribution < 1.29 is 17.6 Å². The van der Waals surface area contributed by atoms with E-state index in [1.165, 1.54) is 22.7 Å². The van der Waals surface area contributed by atoms with E-state index in [1.54, 1.807) is 41.3 Å². The van der Waals surface area contributed by atoms with Gasteiger partial charge in [-0.05, 0) is 66.6 Å². The number of benzene rings is 3. The first-order chi connectivity index (χ1) is 16.2. The zero-order chi connectivity index (χ0) is 24.3. The summed E-state index contributed by atoms with van der Waals surface area (Å²) < 4.78 is 39.5. The van der Waals surface area contributed by atoms with Gasteiger partial charge in [0.15, 0.2) is 0 Å². The van der Waals surface area contributed by atoms with Gasteiger partial charge in [-0.3, -0.25) is 9.10 Å². The second kappa shape index (κ2) is 9.85. The molecule has 6 nitrogen and oxygen atoms in total. The summed E-state index contributed by atoms with van der Waals surface area (Å²) in [6.45, 7) is 4.61. The summed E-state index contributed by atoms with van der Waals surface area (Å²) in [7, 11) is -3.51. The third-order valence-corrected chi connectivity index (χ3v) is 7.28. The van der Waals surface area contributed by atoms with Crippen LogP contribution in [0.15, 0.2) is 72.8 Å². The normalized spacial score (nSPS) is 14.2. The smallest absolute Gasteiger partial charge is 0.253 e. The monoisotopic (exact) mass is 481 g/mol. The van der Waals surface area contributed by atoms with Gasteiger partial charge in [-0.1, -0.05) is 24.3 Å². The highest BCUT2D eigenvalue weighted by atomic mass is 32.2. The Morgan fingerprint density at radius 2 is 1.53 bits per heavy atom. The molecule has 3 aromatic rings. The third kappa shape index (κ3) is 5.39. The van der Waals surface area contributed by atoms with Gasteiger partial charge in [0.25, 0.3) is 5.91 Å². The molecule has 3 aromatic carbocycles. The summed E-state index contributed by atoms with van der Waals surface area (Å²) in [4.78, 5) is 16.9. The maximum Gasteiger partial charge on any atom is 0.253 e. The first kappa shape index (κ1) is 23.8. The standard InChI is InChI=1S/C26H28FN3O3S/c1-20-5-3-4-6-22(20)19-30(34(2,32)33)25-11-7-21(8-12-25)26(31)29-17-15-28(16-18-29)24-13-9-23(27)10-14-24/h3-14H,15-19H2,1-2H3. The largest absolute Gasteiger partial charge is 0.368 e. The van der Waals surface area contributed by atoms with Crippen LogP contribution in [0.2, 0.25) is 0 Å². The molecule has 1 amide bonds. The van der Waals surface area contributed by atoms with E-state index in [2.05, 4.69) is 4.90 Å². The summed E-state index contributed by atoms with van der Waals surface area (Å²) in [5.74, 6) is -0.357. The number of carbonyl (C=O) groups excluding carboxylic acids is 1. The number of nitrogens with zero attached hydrogens (tertiary/aromatic N) is 3. The second-order valence-corrected chi connectivity index (χ2v) is 10.4. The Bertz CT molecular complexity index is 1250. The molecular formula is C26H28FN3O3S. The second-order valence-electron chi connectivity index (χ2n) is 8.50. The molecule has 0 N–H and O–H groups in total. The van der Waals surface area contributed by atoms with Crippen molar-refractivity contribution in [2.75, 3.05) is 41.6 Å². The predicted molar refractivity (Wildman–Crippen MR) is 133 cm³/mol. The van der Waals surface area contributed by atoms with Gasteiger partial charge in [-0.25, -0.2) is 12.8 Å². The van der Waals surface area contributed by atoms with Crippen molar-refractivity contribution in [3.05, 3.63) is 95.3 Å². The molecule has 0 atom stereocenters. The quantitative estimate of drug-likeness (QED) is 0.533. The zero-order valence-corrected chi connectivity index (χ0v) is 20.1. The molecule has 1 heterocycles. The number of aryl methyl sites for hydroxylation is 1. The Kier molecular flexibility index (Phi) is 6.88. The van der Waals surface area contributed by atoms with Crippen LogP contribution in [0.5, 0.6) is 0 Å². The molecular weight excluding hydrogens is 453 g/mol. The molecule has 0 saturated carbocycles. The van der Waals surface area contributed by atoms with Crippen LogP contribution in [0, 0.1) is 12.7 Å². The highest BCUT2D eigenvalue weighted by molar-refractivity contribution is 7.92. The summed E-state index contributed by atoms with van der Waals surface area (Å²) >= 11 is 0. The molecule has 1 aliphatic rings. The fraction of sp³-hybridized carbons (Fsp3) is 0.269. The molecule has 1 aliphatic heterocycles. The minimum Gasteiger partial charge on any atom is -0.368 e. The number of rotatable bonds is 6. The van der Waals surface area contributed by atoms with Gasteiger partial charge in [-0.15, -0.1) is 0 Å². The molecule has 0 aromatic heterocycles. The van der Waals surface area contributed by atoms with Crippen molar-refractivity contribution in [2.24, 2.45) is 0 Å². The predicted octanol–water partition coefficient (Wildman–Crippen LogP) is 4.06. The molecule has 178 valence electrons. The van der Waals surface area contributed by atoms with Gasteiger partial charge in [0.1, 0.15) is 5.82 Å². The van der Waals surface area contributed by atoms with E-state index in [-0.39, 0.29) is 18.3 Å². The van der Waals surface area contributed by atoms with Gasteiger partial charge in [0, 0.05) is 37.4 Å². The molecule has 8 heteroatoms. The molecule has 0 aliphatic carbocycles. The topological polar surface area (TPSA) is 60.9 Å². The van der Waals surface area contributed by atoms with Gasteiger partial charge >= 0.3 is 0 Å². The van der Waals surface area contributed by atoms with Crippen LogP contribution in [-0.2, 0) is 16.6 Å². The van der Waals surface area contributed by atoms with Gasteiger partial charge in [0.05, 0.1) is 18.5 Å². The van der Waals surface area contributed by atoms with E-state index in [9.17, 15) is 17.6 Å². The summed E-state index contributed by atoms with van der Waals surface area (Å²) in [6.07, 6.45) is 1.19. The number of amides is 1. The van der Waals surface area contributed by atoms with Crippen LogP contribution in [0.4, 0.5) is 15.8 Å². The van der Waals surface area contributed by atoms with E-state index in [4.69, 9.17) is 0 Å². The average Bonchev–Trinajstić information content (AvgIpc) is 2.83. The fourth-order valence-corrected chi connectivity index (χ4v) is 4.99. The molecule has 1 fully saturated rings. The Morgan fingerprint density at radius 1 is 0.912 bits per heavy atom. The van der Waals surface area contributed by atoms with Crippen molar-refractivity contribution in [3.8, 4) is 0 Å². The average molecular weight is 482 g/mol. The lowest BCUT2D eigenvalue weighted by molar-refractivity contribution is 0.0747. The molecule has 0 spiro atoms. The number of hydrogen-bond donors (Lipinski definition) is 0. The van der Waals surface area contributed by atoms with Crippen molar-refractivity contribution in [2.45, 2.75) is 13.5 Å². The minimum absolute atomic E-state index is 0.0879. The minimum atomic E-state index is -3.51. The Balaban J connectivity index is 1.44. The van der Waals surface area contributed by atoms with E-state index in [0.29, 0.717) is 37.4 Å². The highest BCUT2D eigenvalue weighted by Gasteiger charge is 2.24. The first-order valence-electron chi connectivity index (χ1n) is 11.1. The Hall–Kier alpha value is -3.39. The number of carbonyl (C=O) groups is 1. The molecule has 34 heavy (non-hydrogen) atoms. The molecule has 0 bridgehead atoms. The number of piperazine rings is 1. The van der Waals surface area contributed by atoms with Crippen molar-refractivity contribution >= 4 is 27.3 Å². The summed E-state index contributed by atoms with van der Waals surface area (Å²) in [5.41, 5.74) is 3.91. The first-order valence-corrected chi connectivity index (χ1v) is 13.0. The van der Waals surface area contributed by atoms with Crippen molar-refractivity contribution in [1.29, 1.82) is 0 Å². The van der Waals surface area contributed by atoms with Crippen LogP contribution >= 0.6 is 0 Å². The van der Waals surface area contributed by atoms with Crippen LogP contribution < -0.4 is 9.21 Å². The number of sulfonamides is 1. The maximum atomic E-state index is 13.2. The lowest BCUT2D eigenvalue weighted by Gasteiger charge is -2.36. The van der Waals surface area contributed by atoms with Crippen LogP contribution in [-0.4, -0.2) is 51.7 Å². The zero-order valence-electron chi connectivity index (χ0n) is 19.3. The SMILES string of the molecule is Cc1ccccc1CN(c1ccc(C(=O)N2CCN(c3ccc(F)cc3)CC2)cc1)S(C)(=O)=O. The molecule has 4 rings (SSSR count). The Morgan fingerprint density at radius 3 is 2.12 bits per heavy atom. The summed E-state index contributed by atoms with van der Waals surface area (Å²) in [5, 5.41) is 0. The number of anilines is 2. The number of halogens is 1. The van der Waals surface area contributed by atoms with Gasteiger partial charge in [0.2, 0.25) is 10.0 Å². The maximum absolute atomic E-state index is 13.2. The summed E-state index contributed by atoms with van der Waals surface area (Å²) in [6, 6.07) is 20.8. The van der Waals surface area contributed by atoms with E-state index >= 15 is 0 Å². The van der Waals surface area contributed by atoms with Crippen LogP contribution in [0.3, 0.4) is 0 Å². The van der Waals surface area contributed by atoms with Gasteiger partial charge < -0.3 is 9.80 Å². The highest BCUT2D eigenvalue weighted by Crippen LogP contribution is 2.24. The third-order valence-electron chi connectivity index (χ3n) is 6.14. The van der Waals surface area contributed by atoms with Crippen molar-refractivity contribution in [3.63, 3.8) is 0 Å². The lowest BCUT2D eigenvalue weighted by atomic mass is 10.1.